The molecule has 1 aliphatic rings. The zero-order valence-corrected chi connectivity index (χ0v) is 16.0. The van der Waals surface area contributed by atoms with E-state index in [1.54, 1.807) is 0 Å². The van der Waals surface area contributed by atoms with Crippen molar-refractivity contribution in [3.8, 4) is 11.3 Å². The summed E-state index contributed by atoms with van der Waals surface area (Å²) in [5.74, 6) is 0. The lowest BCUT2D eigenvalue weighted by molar-refractivity contribution is 0.314. The van der Waals surface area contributed by atoms with Crippen LogP contribution in [0.25, 0.3) is 32.9 Å². The van der Waals surface area contributed by atoms with Crippen LogP contribution >= 0.6 is 0 Å². The fraction of sp³-hybridized carbons (Fsp3) is 0.240. The molecule has 0 bridgehead atoms. The van der Waals surface area contributed by atoms with Gasteiger partial charge in [0.1, 0.15) is 0 Å². The average molecular weight is 352 g/mol. The summed E-state index contributed by atoms with van der Waals surface area (Å²) in [6.07, 6.45) is 2.15. The number of pyridine rings is 1. The molecular formula is C25H24N2. The van der Waals surface area contributed by atoms with Crippen LogP contribution in [0.15, 0.2) is 60.7 Å². The van der Waals surface area contributed by atoms with E-state index < -0.39 is 0 Å². The van der Waals surface area contributed by atoms with Gasteiger partial charge in [-0.1, -0.05) is 61.5 Å². The van der Waals surface area contributed by atoms with Gasteiger partial charge in [0.15, 0.2) is 0 Å². The van der Waals surface area contributed by atoms with Crippen LogP contribution in [0, 0.1) is 0 Å². The zero-order valence-electron chi connectivity index (χ0n) is 16.0. The third-order valence-electron chi connectivity index (χ3n) is 5.90. The van der Waals surface area contributed by atoms with E-state index in [0.717, 1.165) is 37.1 Å². The van der Waals surface area contributed by atoms with Crippen molar-refractivity contribution < 1.29 is 0 Å². The van der Waals surface area contributed by atoms with Crippen LogP contribution < -0.4 is 0 Å². The van der Waals surface area contributed by atoms with Gasteiger partial charge in [0, 0.05) is 24.0 Å². The number of fused-ring (bicyclic) bond motifs is 5. The first-order valence-corrected chi connectivity index (χ1v) is 9.85. The summed E-state index contributed by atoms with van der Waals surface area (Å²) in [7, 11) is 2.21. The Balaban J connectivity index is 1.83. The molecule has 27 heavy (non-hydrogen) atoms. The number of rotatable bonds is 2. The summed E-state index contributed by atoms with van der Waals surface area (Å²) in [6.45, 7) is 4.27. The minimum absolute atomic E-state index is 0.965. The molecular weight excluding hydrogens is 328 g/mol. The minimum Gasteiger partial charge on any atom is -0.302 e. The Kier molecular flexibility index (Phi) is 3.95. The van der Waals surface area contributed by atoms with E-state index in [9.17, 15) is 0 Å². The lowest BCUT2D eigenvalue weighted by atomic mass is 9.89. The van der Waals surface area contributed by atoms with Gasteiger partial charge in [-0.3, -0.25) is 0 Å². The van der Waals surface area contributed by atoms with E-state index in [4.69, 9.17) is 4.98 Å². The lowest BCUT2D eigenvalue weighted by Gasteiger charge is -2.28. The molecule has 4 aromatic rings. The SMILES string of the molecule is CCc1ccc(-c2nc3ccc4ccccc4c3c3c2CN(C)CC3)cc1. The fourth-order valence-corrected chi connectivity index (χ4v) is 4.39. The smallest absolute Gasteiger partial charge is 0.0757 e. The van der Waals surface area contributed by atoms with Crippen LogP contribution in [-0.4, -0.2) is 23.5 Å². The van der Waals surface area contributed by atoms with E-state index in [-0.39, 0.29) is 0 Å². The van der Waals surface area contributed by atoms with E-state index in [2.05, 4.69) is 79.5 Å². The van der Waals surface area contributed by atoms with E-state index in [0.29, 0.717) is 0 Å². The predicted molar refractivity (Wildman–Crippen MR) is 114 cm³/mol. The number of likely N-dealkylation sites (N-methyl/N-ethyl adjacent to an activating group) is 1. The van der Waals surface area contributed by atoms with Crippen molar-refractivity contribution in [3.05, 3.63) is 77.4 Å². The van der Waals surface area contributed by atoms with Crippen molar-refractivity contribution in [1.82, 2.24) is 9.88 Å². The maximum Gasteiger partial charge on any atom is 0.0757 e. The van der Waals surface area contributed by atoms with E-state index in [1.807, 2.05) is 0 Å². The molecule has 0 unspecified atom stereocenters. The van der Waals surface area contributed by atoms with Gasteiger partial charge >= 0.3 is 0 Å². The highest BCUT2D eigenvalue weighted by Crippen LogP contribution is 2.37. The third kappa shape index (κ3) is 2.72. The molecule has 2 heterocycles. The van der Waals surface area contributed by atoms with Gasteiger partial charge in [-0.15, -0.1) is 0 Å². The molecule has 0 fully saturated rings. The van der Waals surface area contributed by atoms with E-state index >= 15 is 0 Å². The number of hydrogen-bond acceptors (Lipinski definition) is 2. The van der Waals surface area contributed by atoms with Crippen molar-refractivity contribution in [2.75, 3.05) is 13.6 Å². The van der Waals surface area contributed by atoms with Crippen LogP contribution in [0.4, 0.5) is 0 Å². The summed E-state index contributed by atoms with van der Waals surface area (Å²) < 4.78 is 0. The molecule has 1 aromatic heterocycles. The molecule has 0 amide bonds. The standard InChI is InChI=1S/C25H24N2/c1-3-17-8-10-19(11-9-17)25-22-16-27(2)15-14-21(22)24-20-7-5-4-6-18(20)12-13-23(24)26-25/h4-13H,3,14-16H2,1-2H3. The maximum absolute atomic E-state index is 5.17. The van der Waals surface area contributed by atoms with Crippen LogP contribution in [0.5, 0.6) is 0 Å². The molecule has 0 saturated heterocycles. The van der Waals surface area contributed by atoms with Crippen LogP contribution in [0.3, 0.4) is 0 Å². The van der Waals surface area contributed by atoms with Crippen LogP contribution in [0.1, 0.15) is 23.6 Å². The fourth-order valence-electron chi connectivity index (χ4n) is 4.39. The molecule has 2 heteroatoms. The van der Waals surface area contributed by atoms with Gasteiger partial charge in [-0.05, 0) is 53.4 Å². The quantitative estimate of drug-likeness (QED) is 0.436. The molecule has 1 aliphatic heterocycles. The second kappa shape index (κ2) is 6.47. The van der Waals surface area contributed by atoms with Gasteiger partial charge < -0.3 is 4.90 Å². The lowest BCUT2D eigenvalue weighted by Crippen LogP contribution is -2.27. The Morgan fingerprint density at radius 3 is 2.56 bits per heavy atom. The van der Waals surface area contributed by atoms with Crippen molar-refractivity contribution in [2.45, 2.75) is 26.3 Å². The minimum atomic E-state index is 0.965. The highest BCUT2D eigenvalue weighted by atomic mass is 15.1. The summed E-state index contributed by atoms with van der Waals surface area (Å²) in [4.78, 5) is 7.58. The van der Waals surface area contributed by atoms with Crippen molar-refractivity contribution in [2.24, 2.45) is 0 Å². The number of benzene rings is 3. The highest BCUT2D eigenvalue weighted by molar-refractivity contribution is 6.09. The molecule has 0 saturated carbocycles. The maximum atomic E-state index is 5.17. The summed E-state index contributed by atoms with van der Waals surface area (Å²) >= 11 is 0. The number of aryl methyl sites for hydroxylation is 1. The molecule has 0 N–H and O–H groups in total. The van der Waals surface area contributed by atoms with Crippen molar-refractivity contribution in [1.29, 1.82) is 0 Å². The third-order valence-corrected chi connectivity index (χ3v) is 5.90. The second-order valence-corrected chi connectivity index (χ2v) is 7.64. The Morgan fingerprint density at radius 1 is 0.926 bits per heavy atom. The largest absolute Gasteiger partial charge is 0.302 e. The first-order chi connectivity index (χ1) is 13.2. The number of aromatic nitrogens is 1. The molecule has 2 nitrogen and oxygen atoms in total. The Morgan fingerprint density at radius 2 is 1.74 bits per heavy atom. The molecule has 0 radical (unpaired) electrons. The van der Waals surface area contributed by atoms with Gasteiger partial charge in [0.2, 0.25) is 0 Å². The first-order valence-electron chi connectivity index (χ1n) is 9.85. The normalized spacial score (nSPS) is 14.6. The van der Waals surface area contributed by atoms with E-state index in [1.165, 1.54) is 38.4 Å². The molecule has 3 aromatic carbocycles. The summed E-state index contributed by atoms with van der Waals surface area (Å²) in [6, 6.07) is 22.1. The molecule has 0 atom stereocenters. The first kappa shape index (κ1) is 16.5. The molecule has 5 rings (SSSR count). The van der Waals surface area contributed by atoms with Crippen molar-refractivity contribution >= 4 is 21.7 Å². The van der Waals surface area contributed by atoms with Crippen LogP contribution in [0.2, 0.25) is 0 Å². The van der Waals surface area contributed by atoms with Crippen molar-refractivity contribution in [3.63, 3.8) is 0 Å². The second-order valence-electron chi connectivity index (χ2n) is 7.64. The van der Waals surface area contributed by atoms with Gasteiger partial charge in [0.05, 0.1) is 11.2 Å². The van der Waals surface area contributed by atoms with Gasteiger partial charge in [-0.2, -0.15) is 0 Å². The summed E-state index contributed by atoms with van der Waals surface area (Å²) in [5, 5.41) is 3.98. The topological polar surface area (TPSA) is 16.1 Å². The molecule has 0 spiro atoms. The highest BCUT2D eigenvalue weighted by Gasteiger charge is 2.22. The molecule has 0 aliphatic carbocycles. The number of hydrogen-bond donors (Lipinski definition) is 0. The monoisotopic (exact) mass is 352 g/mol. The van der Waals surface area contributed by atoms with Crippen LogP contribution in [-0.2, 0) is 19.4 Å². The Labute approximate surface area is 160 Å². The van der Waals surface area contributed by atoms with Gasteiger partial charge in [-0.25, -0.2) is 4.98 Å². The molecule has 134 valence electrons. The predicted octanol–water partition coefficient (Wildman–Crippen LogP) is 5.61. The summed E-state index contributed by atoms with van der Waals surface area (Å²) in [5.41, 5.74) is 7.76. The number of nitrogens with zero attached hydrogens (tertiary/aromatic N) is 2. The average Bonchev–Trinajstić information content (AvgIpc) is 2.72. The van der Waals surface area contributed by atoms with Gasteiger partial charge in [0.25, 0.3) is 0 Å². The Hall–Kier alpha value is -2.71. The Bertz CT molecular complexity index is 1140. The zero-order chi connectivity index (χ0) is 18.4.